The molecule has 0 saturated heterocycles. The van der Waals surface area contributed by atoms with E-state index < -0.39 is 5.97 Å². The van der Waals surface area contributed by atoms with Gasteiger partial charge in [0.25, 0.3) is 0 Å². The number of carbonyl (C=O) groups excluding carboxylic acids is 2. The number of hydrogen-bond donors (Lipinski definition) is 0. The third-order valence-electron chi connectivity index (χ3n) is 2.26. The van der Waals surface area contributed by atoms with Crippen LogP contribution in [-0.4, -0.2) is 18.9 Å². The first-order valence-corrected chi connectivity index (χ1v) is 5.44. The van der Waals surface area contributed by atoms with Crippen molar-refractivity contribution in [2.45, 2.75) is 19.3 Å². The van der Waals surface area contributed by atoms with Crippen LogP contribution in [0.2, 0.25) is 0 Å². The average Bonchev–Trinajstić information content (AvgIpc) is 2.38. The topological polar surface area (TPSA) is 43.4 Å². The van der Waals surface area contributed by atoms with Crippen molar-refractivity contribution >= 4 is 12.3 Å². The number of ether oxygens (including phenoxy) is 1. The van der Waals surface area contributed by atoms with Crippen molar-refractivity contribution < 1.29 is 14.3 Å². The molecule has 0 bridgehead atoms. The number of hydrogen-bond acceptors (Lipinski definition) is 3. The second-order valence-electron chi connectivity index (χ2n) is 3.50. The van der Waals surface area contributed by atoms with Crippen molar-refractivity contribution in [1.82, 2.24) is 0 Å². The standard InChI is InChI=1S/C14H14O3/c1-2-3-4-7-10-17-14(16)13-9-6-5-8-12(13)11-15/h1,5-6,8-9,11H,3-4,7,10H2. The Bertz CT molecular complexity index is 429. The van der Waals surface area contributed by atoms with Gasteiger partial charge in [-0.15, -0.1) is 12.3 Å². The normalized spacial score (nSPS) is 9.35. The highest BCUT2D eigenvalue weighted by Gasteiger charge is 2.10. The Kier molecular flexibility index (Phi) is 5.53. The minimum absolute atomic E-state index is 0.305. The van der Waals surface area contributed by atoms with Gasteiger partial charge in [-0.25, -0.2) is 4.79 Å². The van der Waals surface area contributed by atoms with E-state index in [2.05, 4.69) is 5.92 Å². The van der Waals surface area contributed by atoms with Crippen molar-refractivity contribution in [3.8, 4) is 12.3 Å². The fraction of sp³-hybridized carbons (Fsp3) is 0.286. The molecule has 0 aliphatic carbocycles. The predicted octanol–water partition coefficient (Wildman–Crippen LogP) is 2.46. The molecule has 0 atom stereocenters. The van der Waals surface area contributed by atoms with Crippen molar-refractivity contribution in [3.63, 3.8) is 0 Å². The van der Waals surface area contributed by atoms with Crippen LogP contribution in [0.25, 0.3) is 0 Å². The third kappa shape index (κ3) is 4.12. The molecule has 0 radical (unpaired) electrons. The zero-order valence-electron chi connectivity index (χ0n) is 9.52. The molecule has 0 unspecified atom stereocenters. The van der Waals surface area contributed by atoms with Gasteiger partial charge in [0.1, 0.15) is 0 Å². The summed E-state index contributed by atoms with van der Waals surface area (Å²) < 4.78 is 5.05. The van der Waals surface area contributed by atoms with Gasteiger partial charge in [0.2, 0.25) is 0 Å². The van der Waals surface area contributed by atoms with Crippen LogP contribution in [0.3, 0.4) is 0 Å². The van der Waals surface area contributed by atoms with Gasteiger partial charge in [0.15, 0.2) is 6.29 Å². The number of aldehydes is 1. The van der Waals surface area contributed by atoms with Gasteiger partial charge in [-0.3, -0.25) is 4.79 Å². The Hall–Kier alpha value is -2.08. The van der Waals surface area contributed by atoms with Crippen molar-refractivity contribution in [1.29, 1.82) is 0 Å². The molecule has 0 aliphatic rings. The lowest BCUT2D eigenvalue weighted by Gasteiger charge is -2.05. The summed E-state index contributed by atoms with van der Waals surface area (Å²) in [5.41, 5.74) is 0.653. The van der Waals surface area contributed by atoms with E-state index in [1.807, 2.05) is 0 Å². The van der Waals surface area contributed by atoms with Crippen LogP contribution in [0.1, 0.15) is 40.0 Å². The van der Waals surface area contributed by atoms with Crippen LogP contribution >= 0.6 is 0 Å². The number of rotatable bonds is 6. The molecule has 3 nitrogen and oxygen atoms in total. The molecule has 0 aliphatic heterocycles. The van der Waals surface area contributed by atoms with Crippen LogP contribution < -0.4 is 0 Å². The van der Waals surface area contributed by atoms with Gasteiger partial charge >= 0.3 is 5.97 Å². The summed E-state index contributed by atoms with van der Waals surface area (Å²) in [5.74, 6) is 2.05. The molecule has 0 aromatic heterocycles. The lowest BCUT2D eigenvalue weighted by Crippen LogP contribution is -2.09. The Labute approximate surface area is 101 Å². The Morgan fingerprint density at radius 2 is 2.12 bits per heavy atom. The van der Waals surface area contributed by atoms with E-state index in [1.54, 1.807) is 24.3 Å². The summed E-state index contributed by atoms with van der Waals surface area (Å²) in [5, 5.41) is 0. The molecule has 0 N–H and O–H groups in total. The molecular formula is C14H14O3. The van der Waals surface area contributed by atoms with Gasteiger partial charge < -0.3 is 4.74 Å². The quantitative estimate of drug-likeness (QED) is 0.326. The minimum Gasteiger partial charge on any atom is -0.462 e. The smallest absolute Gasteiger partial charge is 0.338 e. The summed E-state index contributed by atoms with van der Waals surface area (Å²) in [6.07, 6.45) is 8.00. The monoisotopic (exact) mass is 230 g/mol. The maximum atomic E-state index is 11.6. The highest BCUT2D eigenvalue weighted by Crippen LogP contribution is 2.08. The largest absolute Gasteiger partial charge is 0.462 e. The predicted molar refractivity (Wildman–Crippen MR) is 64.8 cm³/mol. The molecule has 0 heterocycles. The van der Waals surface area contributed by atoms with E-state index in [0.717, 1.165) is 12.8 Å². The zero-order valence-corrected chi connectivity index (χ0v) is 9.52. The van der Waals surface area contributed by atoms with Crippen LogP contribution in [-0.2, 0) is 4.74 Å². The molecule has 0 amide bonds. The SMILES string of the molecule is C#CCCCCOC(=O)c1ccccc1C=O. The summed E-state index contributed by atoms with van der Waals surface area (Å²) in [6.45, 7) is 0.327. The minimum atomic E-state index is -0.464. The van der Waals surface area contributed by atoms with Crippen LogP contribution in [0, 0.1) is 12.3 Å². The van der Waals surface area contributed by atoms with Crippen LogP contribution in [0.4, 0.5) is 0 Å². The molecule has 88 valence electrons. The molecule has 17 heavy (non-hydrogen) atoms. The van der Waals surface area contributed by atoms with Crippen molar-refractivity contribution in [2.75, 3.05) is 6.61 Å². The Morgan fingerprint density at radius 3 is 2.82 bits per heavy atom. The fourth-order valence-electron chi connectivity index (χ4n) is 1.36. The number of esters is 1. The molecule has 3 heteroatoms. The maximum absolute atomic E-state index is 11.6. The van der Waals surface area contributed by atoms with Crippen LogP contribution in [0.5, 0.6) is 0 Å². The first-order valence-electron chi connectivity index (χ1n) is 5.44. The number of unbranched alkanes of at least 4 members (excludes halogenated alkanes) is 2. The van der Waals surface area contributed by atoms with E-state index in [4.69, 9.17) is 11.2 Å². The molecule has 1 rings (SSSR count). The lowest BCUT2D eigenvalue weighted by molar-refractivity contribution is 0.0497. The van der Waals surface area contributed by atoms with E-state index in [9.17, 15) is 9.59 Å². The summed E-state index contributed by atoms with van der Waals surface area (Å²) in [6, 6.07) is 6.56. The van der Waals surface area contributed by atoms with Gasteiger partial charge in [-0.2, -0.15) is 0 Å². The number of carbonyl (C=O) groups is 2. The molecule has 0 saturated carbocycles. The van der Waals surface area contributed by atoms with E-state index in [1.165, 1.54) is 0 Å². The van der Waals surface area contributed by atoms with Gasteiger partial charge in [0, 0.05) is 12.0 Å². The second-order valence-corrected chi connectivity index (χ2v) is 3.50. The maximum Gasteiger partial charge on any atom is 0.338 e. The fourth-order valence-corrected chi connectivity index (χ4v) is 1.36. The van der Waals surface area contributed by atoms with Crippen molar-refractivity contribution in [3.05, 3.63) is 35.4 Å². The highest BCUT2D eigenvalue weighted by molar-refractivity contribution is 5.98. The first kappa shape index (κ1) is 13.0. The van der Waals surface area contributed by atoms with Gasteiger partial charge in [-0.1, -0.05) is 18.2 Å². The van der Waals surface area contributed by atoms with Crippen LogP contribution in [0.15, 0.2) is 24.3 Å². The molecule has 1 aromatic rings. The molecule has 0 fully saturated rings. The Morgan fingerprint density at radius 1 is 1.35 bits per heavy atom. The zero-order chi connectivity index (χ0) is 12.5. The van der Waals surface area contributed by atoms with E-state index in [0.29, 0.717) is 30.4 Å². The number of benzene rings is 1. The van der Waals surface area contributed by atoms with Crippen molar-refractivity contribution in [2.24, 2.45) is 0 Å². The van der Waals surface area contributed by atoms with Gasteiger partial charge in [0.05, 0.1) is 12.2 Å². The summed E-state index contributed by atoms with van der Waals surface area (Å²) in [4.78, 5) is 22.4. The van der Waals surface area contributed by atoms with E-state index in [-0.39, 0.29) is 0 Å². The molecule has 0 spiro atoms. The second kappa shape index (κ2) is 7.24. The molecule has 1 aromatic carbocycles. The number of terminal acetylenes is 1. The van der Waals surface area contributed by atoms with Gasteiger partial charge in [-0.05, 0) is 18.9 Å². The third-order valence-corrected chi connectivity index (χ3v) is 2.26. The summed E-state index contributed by atoms with van der Waals surface area (Å²) >= 11 is 0. The lowest BCUT2D eigenvalue weighted by atomic mass is 10.1. The Balaban J connectivity index is 2.47. The summed E-state index contributed by atoms with van der Waals surface area (Å²) in [7, 11) is 0. The first-order chi connectivity index (χ1) is 8.29. The van der Waals surface area contributed by atoms with E-state index >= 15 is 0 Å². The average molecular weight is 230 g/mol. The highest BCUT2D eigenvalue weighted by atomic mass is 16.5. The molecular weight excluding hydrogens is 216 g/mol.